The Hall–Kier alpha value is -1.49. The number of carbonyl (C=O) groups is 1. The number of furan rings is 1. The third kappa shape index (κ3) is 4.27. The van der Waals surface area contributed by atoms with Crippen LogP contribution in [0.1, 0.15) is 39.5 Å². The van der Waals surface area contributed by atoms with Crippen molar-refractivity contribution in [2.24, 2.45) is 5.41 Å². The van der Waals surface area contributed by atoms with E-state index in [-0.39, 0.29) is 23.6 Å². The molecule has 0 aliphatic heterocycles. The van der Waals surface area contributed by atoms with Gasteiger partial charge in [0.15, 0.2) is 0 Å². The molecule has 0 saturated carbocycles. The zero-order valence-electron chi connectivity index (χ0n) is 13.3. The van der Waals surface area contributed by atoms with Crippen molar-refractivity contribution in [1.29, 1.82) is 0 Å². The molecule has 20 heavy (non-hydrogen) atoms. The number of amides is 2. The molecule has 2 atom stereocenters. The van der Waals surface area contributed by atoms with Crippen molar-refractivity contribution in [3.63, 3.8) is 0 Å². The second-order valence-electron chi connectivity index (χ2n) is 6.08. The van der Waals surface area contributed by atoms with Crippen LogP contribution in [-0.2, 0) is 4.74 Å². The molecule has 0 radical (unpaired) electrons. The van der Waals surface area contributed by atoms with E-state index in [0.29, 0.717) is 6.54 Å². The highest BCUT2D eigenvalue weighted by atomic mass is 16.5. The standard InChI is InChI=1S/C15H26N2O3/c1-11(12-8-7-9-20-12)17(5)14(18)16-10-13(19-6)15(2,3)4/h7-9,11,13H,10H2,1-6H3,(H,16,18)/t11-,13-/m1/s1. The lowest BCUT2D eigenvalue weighted by Gasteiger charge is -2.31. The first kappa shape index (κ1) is 16.6. The average molecular weight is 282 g/mol. The summed E-state index contributed by atoms with van der Waals surface area (Å²) < 4.78 is 10.7. The maximum Gasteiger partial charge on any atom is 0.317 e. The van der Waals surface area contributed by atoms with Gasteiger partial charge >= 0.3 is 6.03 Å². The second kappa shape index (κ2) is 6.79. The zero-order valence-corrected chi connectivity index (χ0v) is 13.3. The number of nitrogens with zero attached hydrogens (tertiary/aromatic N) is 1. The third-order valence-electron chi connectivity index (χ3n) is 3.55. The van der Waals surface area contributed by atoms with Gasteiger partial charge in [0.25, 0.3) is 0 Å². The second-order valence-corrected chi connectivity index (χ2v) is 6.08. The molecule has 0 fully saturated rings. The average Bonchev–Trinajstić information content (AvgIpc) is 2.89. The minimum absolute atomic E-state index is 0.0206. The minimum atomic E-state index is -0.139. The van der Waals surface area contributed by atoms with Crippen molar-refractivity contribution in [3.05, 3.63) is 24.2 Å². The summed E-state index contributed by atoms with van der Waals surface area (Å²) in [7, 11) is 3.42. The van der Waals surface area contributed by atoms with Crippen LogP contribution in [0.4, 0.5) is 4.79 Å². The number of hydrogen-bond acceptors (Lipinski definition) is 3. The van der Waals surface area contributed by atoms with Crippen LogP contribution in [0.25, 0.3) is 0 Å². The van der Waals surface area contributed by atoms with E-state index < -0.39 is 0 Å². The third-order valence-corrected chi connectivity index (χ3v) is 3.55. The summed E-state index contributed by atoms with van der Waals surface area (Å²) in [5, 5.41) is 2.90. The molecule has 0 aliphatic rings. The summed E-state index contributed by atoms with van der Waals surface area (Å²) >= 11 is 0. The van der Waals surface area contributed by atoms with Gasteiger partial charge in [-0.1, -0.05) is 20.8 Å². The summed E-state index contributed by atoms with van der Waals surface area (Å²) in [5.74, 6) is 0.766. The van der Waals surface area contributed by atoms with Gasteiger partial charge in [-0.15, -0.1) is 0 Å². The summed E-state index contributed by atoms with van der Waals surface area (Å²) in [5.41, 5.74) is -0.0206. The fourth-order valence-electron chi connectivity index (χ4n) is 1.94. The van der Waals surface area contributed by atoms with Gasteiger partial charge < -0.3 is 19.4 Å². The first-order valence-corrected chi connectivity index (χ1v) is 6.84. The van der Waals surface area contributed by atoms with Crippen LogP contribution in [0.5, 0.6) is 0 Å². The van der Waals surface area contributed by atoms with Crippen LogP contribution in [0.2, 0.25) is 0 Å². The number of urea groups is 1. The summed E-state index contributed by atoms with van der Waals surface area (Å²) in [6.45, 7) is 8.66. The number of methoxy groups -OCH3 is 1. The fourth-order valence-corrected chi connectivity index (χ4v) is 1.94. The van der Waals surface area contributed by atoms with Gasteiger partial charge in [-0.05, 0) is 24.5 Å². The Morgan fingerprint density at radius 1 is 1.50 bits per heavy atom. The minimum Gasteiger partial charge on any atom is -0.467 e. The molecule has 1 aromatic rings. The molecule has 5 heteroatoms. The molecule has 5 nitrogen and oxygen atoms in total. The van der Waals surface area contributed by atoms with Crippen molar-refractivity contribution < 1.29 is 13.9 Å². The summed E-state index contributed by atoms with van der Waals surface area (Å²) in [6, 6.07) is 3.43. The molecule has 0 saturated heterocycles. The predicted octanol–water partition coefficient (Wildman–Crippen LogP) is 3.04. The quantitative estimate of drug-likeness (QED) is 0.903. The SMILES string of the molecule is CO[C@H](CNC(=O)N(C)[C@H](C)c1ccco1)C(C)(C)C. The number of rotatable bonds is 5. The van der Waals surface area contributed by atoms with E-state index in [4.69, 9.17) is 9.15 Å². The van der Waals surface area contributed by atoms with E-state index in [0.717, 1.165) is 5.76 Å². The van der Waals surface area contributed by atoms with E-state index in [9.17, 15) is 4.79 Å². The topological polar surface area (TPSA) is 54.7 Å². The zero-order chi connectivity index (χ0) is 15.3. The molecule has 0 bridgehead atoms. The van der Waals surface area contributed by atoms with Gasteiger partial charge in [0, 0.05) is 20.7 Å². The van der Waals surface area contributed by atoms with Crippen molar-refractivity contribution in [2.45, 2.75) is 39.8 Å². The highest BCUT2D eigenvalue weighted by molar-refractivity contribution is 5.74. The Morgan fingerprint density at radius 3 is 2.60 bits per heavy atom. The lowest BCUT2D eigenvalue weighted by atomic mass is 9.89. The maximum absolute atomic E-state index is 12.1. The highest BCUT2D eigenvalue weighted by Gasteiger charge is 2.26. The molecule has 0 aliphatic carbocycles. The molecule has 1 rings (SSSR count). The normalized spacial score (nSPS) is 14.7. The van der Waals surface area contributed by atoms with E-state index >= 15 is 0 Å². The van der Waals surface area contributed by atoms with Crippen LogP contribution in [-0.4, -0.2) is 37.7 Å². The first-order chi connectivity index (χ1) is 9.27. The van der Waals surface area contributed by atoms with Crippen LogP contribution < -0.4 is 5.32 Å². The Balaban J connectivity index is 2.54. The summed E-state index contributed by atoms with van der Waals surface area (Å²) in [6.07, 6.45) is 1.58. The van der Waals surface area contributed by atoms with Gasteiger partial charge in [-0.2, -0.15) is 0 Å². The lowest BCUT2D eigenvalue weighted by molar-refractivity contribution is 0.0184. The highest BCUT2D eigenvalue weighted by Crippen LogP contribution is 2.22. The van der Waals surface area contributed by atoms with Crippen LogP contribution in [0.15, 0.2) is 22.8 Å². The van der Waals surface area contributed by atoms with Crippen molar-refractivity contribution in [3.8, 4) is 0 Å². The molecule has 0 spiro atoms. The monoisotopic (exact) mass is 282 g/mol. The molecule has 0 aromatic carbocycles. The van der Waals surface area contributed by atoms with Gasteiger partial charge in [0.2, 0.25) is 0 Å². The molecule has 1 aromatic heterocycles. The van der Waals surface area contributed by atoms with Crippen LogP contribution in [0.3, 0.4) is 0 Å². The number of carbonyl (C=O) groups excluding carboxylic acids is 1. The lowest BCUT2D eigenvalue weighted by Crippen LogP contribution is -2.45. The van der Waals surface area contributed by atoms with Gasteiger partial charge in [0.05, 0.1) is 18.4 Å². The Labute approximate surface area is 121 Å². The van der Waals surface area contributed by atoms with E-state index in [1.165, 1.54) is 0 Å². The van der Waals surface area contributed by atoms with Crippen LogP contribution >= 0.6 is 0 Å². The molecular weight excluding hydrogens is 256 g/mol. The van der Waals surface area contributed by atoms with E-state index in [1.54, 1.807) is 25.3 Å². The molecule has 114 valence electrons. The van der Waals surface area contributed by atoms with Crippen LogP contribution in [0, 0.1) is 5.41 Å². The molecular formula is C15H26N2O3. The maximum atomic E-state index is 12.1. The number of ether oxygens (including phenoxy) is 1. The largest absolute Gasteiger partial charge is 0.467 e. The summed E-state index contributed by atoms with van der Waals surface area (Å²) in [4.78, 5) is 13.8. The van der Waals surface area contributed by atoms with E-state index in [1.807, 2.05) is 19.1 Å². The van der Waals surface area contributed by atoms with Crippen molar-refractivity contribution >= 4 is 6.03 Å². The smallest absolute Gasteiger partial charge is 0.317 e. The fraction of sp³-hybridized carbons (Fsp3) is 0.667. The Morgan fingerprint density at radius 2 is 2.15 bits per heavy atom. The molecule has 1 N–H and O–H groups in total. The molecule has 0 unspecified atom stereocenters. The van der Waals surface area contributed by atoms with E-state index in [2.05, 4.69) is 26.1 Å². The Bertz CT molecular complexity index is 409. The number of nitrogens with one attached hydrogen (secondary N) is 1. The Kier molecular flexibility index (Phi) is 5.62. The molecule has 1 heterocycles. The van der Waals surface area contributed by atoms with Crippen molar-refractivity contribution in [2.75, 3.05) is 20.7 Å². The van der Waals surface area contributed by atoms with Crippen molar-refractivity contribution in [1.82, 2.24) is 10.2 Å². The van der Waals surface area contributed by atoms with Gasteiger partial charge in [0.1, 0.15) is 5.76 Å². The first-order valence-electron chi connectivity index (χ1n) is 6.84. The number of hydrogen-bond donors (Lipinski definition) is 1. The molecule has 2 amide bonds. The van der Waals surface area contributed by atoms with Gasteiger partial charge in [-0.25, -0.2) is 4.79 Å². The van der Waals surface area contributed by atoms with Gasteiger partial charge in [-0.3, -0.25) is 0 Å². The predicted molar refractivity (Wildman–Crippen MR) is 78.5 cm³/mol.